The van der Waals surface area contributed by atoms with Gasteiger partial charge in [0.05, 0.1) is 42.1 Å². The molecule has 0 spiro atoms. The van der Waals surface area contributed by atoms with Crippen molar-refractivity contribution >= 4 is 9.84 Å². The summed E-state index contributed by atoms with van der Waals surface area (Å²) in [5, 5.41) is 11.6. The van der Waals surface area contributed by atoms with E-state index in [4.69, 9.17) is 4.74 Å². The quantitative estimate of drug-likeness (QED) is 0.750. The van der Waals surface area contributed by atoms with E-state index in [1.165, 1.54) is 0 Å². The number of nitrogens with one attached hydrogen (secondary N) is 1. The molecule has 0 amide bonds. The van der Waals surface area contributed by atoms with Crippen LogP contribution in [-0.2, 0) is 9.84 Å². The van der Waals surface area contributed by atoms with Crippen molar-refractivity contribution in [2.45, 2.75) is 19.4 Å². The standard InChI is InChI=1S/C17H19N5O3S/c1-11-19-17(22(21-11)13-6-7-26(23,24)10-13)15-9-18-20-16(15)12-4-3-5-14(8-12)25-2/h3-5,8-9,13H,6-7,10H2,1-2H3,(H,18,20)/t13-/m1/s1. The third-order valence-corrected chi connectivity index (χ3v) is 6.28. The second kappa shape index (κ2) is 6.24. The third-order valence-electron chi connectivity index (χ3n) is 4.53. The van der Waals surface area contributed by atoms with Gasteiger partial charge in [0.25, 0.3) is 0 Å². The van der Waals surface area contributed by atoms with Crippen molar-refractivity contribution in [2.24, 2.45) is 0 Å². The van der Waals surface area contributed by atoms with Gasteiger partial charge in [0, 0.05) is 5.56 Å². The number of sulfone groups is 1. The molecule has 0 aliphatic carbocycles. The SMILES string of the molecule is COc1cccc(-c2[nH]ncc2-c2nc(C)nn2[C@@H]2CCS(=O)(=O)C2)c1. The zero-order valence-corrected chi connectivity index (χ0v) is 15.3. The van der Waals surface area contributed by atoms with Gasteiger partial charge in [0.15, 0.2) is 15.7 Å². The lowest BCUT2D eigenvalue weighted by molar-refractivity contribution is 0.415. The molecular formula is C17H19N5O3S. The molecule has 0 saturated carbocycles. The van der Waals surface area contributed by atoms with E-state index in [-0.39, 0.29) is 17.5 Å². The Labute approximate surface area is 151 Å². The van der Waals surface area contributed by atoms with Crippen LogP contribution in [0.15, 0.2) is 30.5 Å². The number of hydrogen-bond donors (Lipinski definition) is 1. The zero-order chi connectivity index (χ0) is 18.3. The molecule has 4 rings (SSSR count). The highest BCUT2D eigenvalue weighted by Crippen LogP contribution is 2.34. The van der Waals surface area contributed by atoms with Crippen LogP contribution in [0.1, 0.15) is 18.3 Å². The lowest BCUT2D eigenvalue weighted by atomic mass is 10.1. The molecular weight excluding hydrogens is 354 g/mol. The van der Waals surface area contributed by atoms with Gasteiger partial charge in [-0.1, -0.05) is 12.1 Å². The average Bonchev–Trinajstić information content (AvgIpc) is 3.32. The minimum absolute atomic E-state index is 0.0924. The Balaban J connectivity index is 1.80. The van der Waals surface area contributed by atoms with Crippen LogP contribution in [0.3, 0.4) is 0 Å². The molecule has 1 saturated heterocycles. The van der Waals surface area contributed by atoms with E-state index in [1.807, 2.05) is 24.3 Å². The van der Waals surface area contributed by atoms with Crippen LogP contribution in [0.5, 0.6) is 5.75 Å². The van der Waals surface area contributed by atoms with E-state index in [9.17, 15) is 8.42 Å². The number of rotatable bonds is 4. The minimum atomic E-state index is -3.02. The number of ether oxygens (including phenoxy) is 1. The number of H-pyrrole nitrogens is 1. The van der Waals surface area contributed by atoms with E-state index < -0.39 is 9.84 Å². The second-order valence-electron chi connectivity index (χ2n) is 6.37. The first-order valence-corrected chi connectivity index (χ1v) is 10.1. The Kier molecular flexibility index (Phi) is 4.03. The van der Waals surface area contributed by atoms with Gasteiger partial charge in [0.1, 0.15) is 11.6 Å². The predicted molar refractivity (Wildman–Crippen MR) is 96.6 cm³/mol. The summed E-state index contributed by atoms with van der Waals surface area (Å²) < 4.78 is 30.8. The Hall–Kier alpha value is -2.68. The molecule has 2 aromatic heterocycles. The normalized spacial score (nSPS) is 18.9. The van der Waals surface area contributed by atoms with Crippen molar-refractivity contribution in [1.82, 2.24) is 25.0 Å². The fraction of sp³-hybridized carbons (Fsp3) is 0.353. The molecule has 0 unspecified atom stereocenters. The number of aromatic amines is 1. The molecule has 0 bridgehead atoms. The monoisotopic (exact) mass is 373 g/mol. The number of methoxy groups -OCH3 is 1. The second-order valence-corrected chi connectivity index (χ2v) is 8.60. The van der Waals surface area contributed by atoms with E-state index in [0.29, 0.717) is 18.1 Å². The molecule has 1 aromatic carbocycles. The molecule has 26 heavy (non-hydrogen) atoms. The summed E-state index contributed by atoms with van der Waals surface area (Å²) >= 11 is 0. The van der Waals surface area contributed by atoms with Crippen LogP contribution in [0.2, 0.25) is 0 Å². The maximum atomic E-state index is 11.9. The first-order valence-electron chi connectivity index (χ1n) is 8.28. The highest BCUT2D eigenvalue weighted by atomic mass is 32.2. The van der Waals surface area contributed by atoms with Crippen LogP contribution in [0.25, 0.3) is 22.6 Å². The Bertz CT molecular complexity index is 1050. The summed E-state index contributed by atoms with van der Waals surface area (Å²) in [7, 11) is -1.40. The summed E-state index contributed by atoms with van der Waals surface area (Å²) in [6.07, 6.45) is 2.24. The molecule has 3 heterocycles. The molecule has 0 radical (unpaired) electrons. The molecule has 136 valence electrons. The summed E-state index contributed by atoms with van der Waals surface area (Å²) in [5.74, 6) is 2.24. The van der Waals surface area contributed by atoms with Gasteiger partial charge in [-0.3, -0.25) is 5.10 Å². The fourth-order valence-corrected chi connectivity index (χ4v) is 4.98. The number of nitrogens with zero attached hydrogens (tertiary/aromatic N) is 4. The highest BCUT2D eigenvalue weighted by molar-refractivity contribution is 7.91. The summed E-state index contributed by atoms with van der Waals surface area (Å²) in [6, 6.07) is 7.43. The van der Waals surface area contributed by atoms with Crippen molar-refractivity contribution in [3.8, 4) is 28.4 Å². The maximum Gasteiger partial charge on any atom is 0.162 e. The van der Waals surface area contributed by atoms with E-state index >= 15 is 0 Å². The van der Waals surface area contributed by atoms with E-state index in [1.54, 1.807) is 24.9 Å². The lowest BCUT2D eigenvalue weighted by Gasteiger charge is -2.12. The van der Waals surface area contributed by atoms with E-state index in [0.717, 1.165) is 22.6 Å². The number of aryl methyl sites for hydroxylation is 1. The van der Waals surface area contributed by atoms with E-state index in [2.05, 4.69) is 20.3 Å². The van der Waals surface area contributed by atoms with Gasteiger partial charge in [-0.25, -0.2) is 18.1 Å². The Morgan fingerprint density at radius 3 is 2.92 bits per heavy atom. The Morgan fingerprint density at radius 2 is 2.19 bits per heavy atom. The van der Waals surface area contributed by atoms with Gasteiger partial charge in [-0.05, 0) is 25.5 Å². The average molecular weight is 373 g/mol. The van der Waals surface area contributed by atoms with Crippen LogP contribution < -0.4 is 4.74 Å². The molecule has 3 aromatic rings. The molecule has 1 N–H and O–H groups in total. The van der Waals surface area contributed by atoms with Crippen LogP contribution >= 0.6 is 0 Å². The van der Waals surface area contributed by atoms with Crippen molar-refractivity contribution in [3.63, 3.8) is 0 Å². The summed E-state index contributed by atoms with van der Waals surface area (Å²) in [4.78, 5) is 4.54. The van der Waals surface area contributed by atoms with Gasteiger partial charge < -0.3 is 4.74 Å². The predicted octanol–water partition coefficient (Wildman–Crippen LogP) is 2.01. The zero-order valence-electron chi connectivity index (χ0n) is 14.5. The Morgan fingerprint density at radius 1 is 1.35 bits per heavy atom. The van der Waals surface area contributed by atoms with Crippen LogP contribution in [-0.4, -0.2) is 52.0 Å². The molecule has 1 aliphatic heterocycles. The number of aromatic nitrogens is 5. The largest absolute Gasteiger partial charge is 0.497 e. The molecule has 9 heteroatoms. The van der Waals surface area contributed by atoms with Crippen LogP contribution in [0.4, 0.5) is 0 Å². The first kappa shape index (κ1) is 16.8. The van der Waals surface area contributed by atoms with Crippen molar-refractivity contribution in [2.75, 3.05) is 18.6 Å². The molecule has 1 fully saturated rings. The summed E-state index contributed by atoms with van der Waals surface area (Å²) in [5.41, 5.74) is 2.48. The van der Waals surface area contributed by atoms with Crippen molar-refractivity contribution in [1.29, 1.82) is 0 Å². The molecule has 8 nitrogen and oxygen atoms in total. The molecule has 1 atom stereocenters. The maximum absolute atomic E-state index is 11.9. The third kappa shape index (κ3) is 2.98. The van der Waals surface area contributed by atoms with Gasteiger partial charge in [-0.2, -0.15) is 10.2 Å². The van der Waals surface area contributed by atoms with Gasteiger partial charge >= 0.3 is 0 Å². The lowest BCUT2D eigenvalue weighted by Crippen LogP contribution is -2.14. The van der Waals surface area contributed by atoms with Crippen molar-refractivity contribution < 1.29 is 13.2 Å². The number of benzene rings is 1. The van der Waals surface area contributed by atoms with Gasteiger partial charge in [0.2, 0.25) is 0 Å². The number of hydrogen-bond acceptors (Lipinski definition) is 6. The van der Waals surface area contributed by atoms with Crippen LogP contribution in [0, 0.1) is 6.92 Å². The highest BCUT2D eigenvalue weighted by Gasteiger charge is 2.32. The van der Waals surface area contributed by atoms with Gasteiger partial charge in [-0.15, -0.1) is 0 Å². The smallest absolute Gasteiger partial charge is 0.162 e. The molecule has 1 aliphatic rings. The topological polar surface area (TPSA) is 103 Å². The van der Waals surface area contributed by atoms with Crippen molar-refractivity contribution in [3.05, 3.63) is 36.3 Å². The first-order chi connectivity index (χ1) is 12.5. The minimum Gasteiger partial charge on any atom is -0.497 e. The fourth-order valence-electron chi connectivity index (χ4n) is 3.29. The summed E-state index contributed by atoms with van der Waals surface area (Å²) in [6.45, 7) is 1.80.